The molecule has 0 aliphatic heterocycles. The number of benzene rings is 1. The monoisotopic (exact) mass is 262 g/mol. The first kappa shape index (κ1) is 13.6. The van der Waals surface area contributed by atoms with E-state index in [-0.39, 0.29) is 17.7 Å². The van der Waals surface area contributed by atoms with Crippen LogP contribution in [0.15, 0.2) is 42.6 Å². The van der Waals surface area contributed by atoms with E-state index < -0.39 is 0 Å². The Kier molecular flexibility index (Phi) is 4.58. The van der Waals surface area contributed by atoms with E-state index >= 15 is 0 Å². The van der Waals surface area contributed by atoms with Gasteiger partial charge in [0.1, 0.15) is 11.6 Å². The van der Waals surface area contributed by atoms with E-state index in [0.717, 1.165) is 18.5 Å². The molecule has 0 spiro atoms. The lowest BCUT2D eigenvalue weighted by Crippen LogP contribution is -2.24. The zero-order valence-electron chi connectivity index (χ0n) is 10.7. The molecule has 1 aromatic heterocycles. The minimum Gasteiger partial charge on any atom is -0.305 e. The van der Waals surface area contributed by atoms with E-state index in [4.69, 9.17) is 0 Å². The van der Waals surface area contributed by atoms with E-state index in [0.29, 0.717) is 5.69 Å². The van der Waals surface area contributed by atoms with Gasteiger partial charge in [-0.15, -0.1) is 0 Å². The van der Waals surface area contributed by atoms with Crippen LogP contribution in [0, 0.1) is 11.6 Å². The largest absolute Gasteiger partial charge is 0.305 e. The van der Waals surface area contributed by atoms with Gasteiger partial charge >= 0.3 is 0 Å². The number of hydrogen-bond donors (Lipinski definition) is 1. The number of halogens is 2. The summed E-state index contributed by atoms with van der Waals surface area (Å²) in [6.45, 7) is 2.83. The Morgan fingerprint density at radius 2 is 2.00 bits per heavy atom. The maximum absolute atomic E-state index is 13.3. The molecule has 19 heavy (non-hydrogen) atoms. The first-order valence-corrected chi connectivity index (χ1v) is 6.31. The zero-order valence-corrected chi connectivity index (χ0v) is 10.7. The number of nitrogens with one attached hydrogen (secondary N) is 1. The van der Waals surface area contributed by atoms with Crippen LogP contribution >= 0.6 is 0 Å². The quantitative estimate of drug-likeness (QED) is 0.892. The number of nitrogens with zero attached hydrogens (tertiary/aromatic N) is 1. The molecule has 0 amide bonds. The van der Waals surface area contributed by atoms with Crippen LogP contribution in [0.5, 0.6) is 0 Å². The highest BCUT2D eigenvalue weighted by atomic mass is 19.1. The topological polar surface area (TPSA) is 24.9 Å². The van der Waals surface area contributed by atoms with Crippen LogP contribution in [0.2, 0.25) is 0 Å². The molecule has 1 heterocycles. The van der Waals surface area contributed by atoms with Crippen molar-refractivity contribution in [3.63, 3.8) is 0 Å². The molecule has 1 N–H and O–H groups in total. The van der Waals surface area contributed by atoms with Crippen LogP contribution in [-0.4, -0.2) is 11.5 Å². The second-order valence-electron chi connectivity index (χ2n) is 4.34. The lowest BCUT2D eigenvalue weighted by molar-refractivity contribution is 0.569. The summed E-state index contributed by atoms with van der Waals surface area (Å²) in [7, 11) is 0. The SMILES string of the molecule is CCCNC(c1cccc(F)c1)c1ccc(F)cn1. The third-order valence-electron chi connectivity index (χ3n) is 2.83. The van der Waals surface area contributed by atoms with Gasteiger partial charge in [0.25, 0.3) is 0 Å². The van der Waals surface area contributed by atoms with E-state index in [2.05, 4.69) is 10.3 Å². The third kappa shape index (κ3) is 3.58. The highest BCUT2D eigenvalue weighted by Gasteiger charge is 2.15. The Morgan fingerprint density at radius 1 is 1.16 bits per heavy atom. The van der Waals surface area contributed by atoms with Crippen molar-refractivity contribution in [1.29, 1.82) is 0 Å². The molecular weight excluding hydrogens is 246 g/mol. The molecule has 4 heteroatoms. The molecule has 1 atom stereocenters. The number of rotatable bonds is 5. The van der Waals surface area contributed by atoms with Gasteiger partial charge in [0.15, 0.2) is 0 Å². The first-order valence-electron chi connectivity index (χ1n) is 6.31. The van der Waals surface area contributed by atoms with Crippen LogP contribution in [0.1, 0.15) is 30.6 Å². The molecule has 0 radical (unpaired) electrons. The Bertz CT molecular complexity index is 526. The van der Waals surface area contributed by atoms with Crippen LogP contribution in [-0.2, 0) is 0 Å². The summed E-state index contributed by atoms with van der Waals surface area (Å²) in [5.74, 6) is -0.667. The average molecular weight is 262 g/mol. The molecule has 1 unspecified atom stereocenters. The third-order valence-corrected chi connectivity index (χ3v) is 2.83. The van der Waals surface area contributed by atoms with E-state index in [1.165, 1.54) is 24.4 Å². The zero-order chi connectivity index (χ0) is 13.7. The second-order valence-corrected chi connectivity index (χ2v) is 4.34. The summed E-state index contributed by atoms with van der Waals surface area (Å²) >= 11 is 0. The normalized spacial score (nSPS) is 12.4. The first-order chi connectivity index (χ1) is 9.20. The van der Waals surface area contributed by atoms with Gasteiger partial charge in [0, 0.05) is 0 Å². The summed E-state index contributed by atoms with van der Waals surface area (Å²) in [6, 6.07) is 9.12. The van der Waals surface area contributed by atoms with Crippen molar-refractivity contribution >= 4 is 0 Å². The van der Waals surface area contributed by atoms with Crippen LogP contribution in [0.4, 0.5) is 8.78 Å². The lowest BCUT2D eigenvalue weighted by atomic mass is 10.0. The van der Waals surface area contributed by atoms with Crippen molar-refractivity contribution < 1.29 is 8.78 Å². The van der Waals surface area contributed by atoms with E-state index in [1.807, 2.05) is 13.0 Å². The predicted molar refractivity (Wildman–Crippen MR) is 70.7 cm³/mol. The summed E-state index contributed by atoms with van der Waals surface area (Å²) in [5.41, 5.74) is 1.47. The Hall–Kier alpha value is -1.81. The van der Waals surface area contributed by atoms with Crippen LogP contribution in [0.3, 0.4) is 0 Å². The van der Waals surface area contributed by atoms with Crippen molar-refractivity contribution in [2.75, 3.05) is 6.54 Å². The maximum atomic E-state index is 13.3. The molecule has 1 aromatic carbocycles. The van der Waals surface area contributed by atoms with Crippen molar-refractivity contribution in [3.8, 4) is 0 Å². The van der Waals surface area contributed by atoms with Gasteiger partial charge in [0.05, 0.1) is 17.9 Å². The summed E-state index contributed by atoms with van der Waals surface area (Å²) < 4.78 is 26.2. The van der Waals surface area contributed by atoms with Crippen molar-refractivity contribution in [1.82, 2.24) is 10.3 Å². The Balaban J connectivity index is 2.32. The fraction of sp³-hybridized carbons (Fsp3) is 0.267. The van der Waals surface area contributed by atoms with Crippen molar-refractivity contribution in [2.45, 2.75) is 19.4 Å². The molecule has 2 aromatic rings. The van der Waals surface area contributed by atoms with Crippen molar-refractivity contribution in [3.05, 3.63) is 65.5 Å². The number of hydrogen-bond acceptors (Lipinski definition) is 2. The van der Waals surface area contributed by atoms with E-state index in [9.17, 15) is 8.78 Å². The minimum atomic E-state index is -0.378. The Labute approximate surface area is 111 Å². The highest BCUT2D eigenvalue weighted by molar-refractivity contribution is 5.28. The number of aromatic nitrogens is 1. The van der Waals surface area contributed by atoms with Gasteiger partial charge in [-0.2, -0.15) is 0 Å². The Morgan fingerprint density at radius 3 is 2.63 bits per heavy atom. The summed E-state index contributed by atoms with van der Waals surface area (Å²) in [6.07, 6.45) is 2.13. The number of pyridine rings is 1. The standard InChI is InChI=1S/C15H16F2N2/c1-2-8-18-15(11-4-3-5-12(16)9-11)14-7-6-13(17)10-19-14/h3-7,9-10,15,18H,2,8H2,1H3. The van der Waals surface area contributed by atoms with Gasteiger partial charge in [0.2, 0.25) is 0 Å². The summed E-state index contributed by atoms with van der Waals surface area (Å²) in [4.78, 5) is 4.08. The predicted octanol–water partition coefficient (Wildman–Crippen LogP) is 3.45. The molecule has 2 rings (SSSR count). The molecule has 0 bridgehead atoms. The van der Waals surface area contributed by atoms with Gasteiger partial charge in [-0.05, 0) is 42.8 Å². The van der Waals surface area contributed by atoms with Gasteiger partial charge in [-0.3, -0.25) is 4.98 Å². The highest BCUT2D eigenvalue weighted by Crippen LogP contribution is 2.21. The molecule has 0 saturated heterocycles. The van der Waals surface area contributed by atoms with E-state index in [1.54, 1.807) is 12.1 Å². The molecular formula is C15H16F2N2. The lowest BCUT2D eigenvalue weighted by Gasteiger charge is -2.18. The average Bonchev–Trinajstić information content (AvgIpc) is 2.41. The van der Waals surface area contributed by atoms with Gasteiger partial charge in [-0.25, -0.2) is 8.78 Å². The second kappa shape index (κ2) is 6.38. The fourth-order valence-corrected chi connectivity index (χ4v) is 1.93. The van der Waals surface area contributed by atoms with Crippen LogP contribution in [0.25, 0.3) is 0 Å². The van der Waals surface area contributed by atoms with Crippen LogP contribution < -0.4 is 5.32 Å². The van der Waals surface area contributed by atoms with Gasteiger partial charge < -0.3 is 5.32 Å². The van der Waals surface area contributed by atoms with Crippen molar-refractivity contribution in [2.24, 2.45) is 0 Å². The molecule has 0 aliphatic carbocycles. The summed E-state index contributed by atoms with van der Waals surface area (Å²) in [5, 5.41) is 3.30. The molecule has 2 nitrogen and oxygen atoms in total. The molecule has 0 aliphatic rings. The molecule has 0 saturated carbocycles. The maximum Gasteiger partial charge on any atom is 0.141 e. The van der Waals surface area contributed by atoms with Gasteiger partial charge in [-0.1, -0.05) is 19.1 Å². The smallest absolute Gasteiger partial charge is 0.141 e. The minimum absolute atomic E-state index is 0.226. The molecule has 100 valence electrons. The fourth-order valence-electron chi connectivity index (χ4n) is 1.93. The molecule has 0 fully saturated rings.